The molecular weight excluding hydrogens is 422 g/mol. The molecule has 4 rings (SSSR count). The van der Waals surface area contributed by atoms with Gasteiger partial charge in [-0.3, -0.25) is 19.2 Å². The van der Waals surface area contributed by atoms with Gasteiger partial charge in [0, 0.05) is 39.8 Å². The molecule has 174 valence electrons. The summed E-state index contributed by atoms with van der Waals surface area (Å²) < 4.78 is 6.83. The third-order valence-electron chi connectivity index (χ3n) is 5.71. The maximum atomic E-state index is 13.1. The van der Waals surface area contributed by atoms with Crippen molar-refractivity contribution in [3.05, 3.63) is 48.4 Å². The number of nitrogens with zero attached hydrogens (tertiary/aromatic N) is 7. The van der Waals surface area contributed by atoms with E-state index in [4.69, 9.17) is 4.74 Å². The summed E-state index contributed by atoms with van der Waals surface area (Å²) >= 11 is 0. The van der Waals surface area contributed by atoms with Gasteiger partial charge in [-0.25, -0.2) is 9.97 Å². The van der Waals surface area contributed by atoms with Crippen molar-refractivity contribution in [1.29, 1.82) is 0 Å². The molecule has 1 aliphatic rings. The molecule has 2 aromatic heterocycles. The summed E-state index contributed by atoms with van der Waals surface area (Å²) in [6.45, 7) is 5.36. The number of aromatic nitrogens is 4. The van der Waals surface area contributed by atoms with Gasteiger partial charge in [-0.1, -0.05) is 30.3 Å². The maximum absolute atomic E-state index is 13.1. The highest BCUT2D eigenvalue weighted by molar-refractivity contribution is 5.87. The fourth-order valence-corrected chi connectivity index (χ4v) is 4.06. The van der Waals surface area contributed by atoms with Crippen molar-refractivity contribution in [2.45, 2.75) is 13.5 Å². The van der Waals surface area contributed by atoms with Crippen molar-refractivity contribution in [2.24, 2.45) is 7.05 Å². The van der Waals surface area contributed by atoms with Gasteiger partial charge in [-0.2, -0.15) is 5.10 Å². The van der Waals surface area contributed by atoms with Crippen molar-refractivity contribution >= 4 is 28.7 Å². The molecule has 0 atom stereocenters. The van der Waals surface area contributed by atoms with Gasteiger partial charge in [0.1, 0.15) is 12.1 Å². The van der Waals surface area contributed by atoms with Gasteiger partial charge in [-0.15, -0.1) is 0 Å². The quantitative estimate of drug-likeness (QED) is 0.470. The second-order valence-electron chi connectivity index (χ2n) is 8.01. The molecule has 0 bridgehead atoms. The van der Waals surface area contributed by atoms with Gasteiger partial charge in [-0.05, 0) is 12.5 Å². The molecule has 0 radical (unpaired) electrons. The molecule has 1 saturated heterocycles. The van der Waals surface area contributed by atoms with Crippen LogP contribution in [0.4, 0.5) is 5.82 Å². The second kappa shape index (κ2) is 10.4. The third kappa shape index (κ3) is 5.46. The number of amides is 1. The van der Waals surface area contributed by atoms with Gasteiger partial charge in [0.25, 0.3) is 0 Å². The first-order chi connectivity index (χ1) is 16.0. The largest absolute Gasteiger partial charge is 0.465 e. The first-order valence-corrected chi connectivity index (χ1v) is 11.1. The molecule has 0 aliphatic carbocycles. The predicted molar refractivity (Wildman–Crippen MR) is 123 cm³/mol. The smallest absolute Gasteiger partial charge is 0.320 e. The summed E-state index contributed by atoms with van der Waals surface area (Å²) in [5, 5.41) is 5.18. The highest BCUT2D eigenvalue weighted by Crippen LogP contribution is 2.23. The predicted octanol–water partition coefficient (Wildman–Crippen LogP) is 1.08. The normalized spacial score (nSPS) is 14.2. The highest BCUT2D eigenvalue weighted by atomic mass is 16.5. The standard InChI is InChI=1S/C23H29N7O3/c1-3-33-21(32)16-28(14-18-7-5-4-6-8-18)15-20(31)29-9-11-30(12-10-29)23-19-13-26-27(2)22(19)24-17-25-23/h4-8,13,17H,3,9-12,14-16H2,1-2H3. The number of carbonyl (C=O) groups excluding carboxylic acids is 2. The molecule has 0 saturated carbocycles. The van der Waals surface area contributed by atoms with Crippen LogP contribution in [0, 0.1) is 0 Å². The summed E-state index contributed by atoms with van der Waals surface area (Å²) in [6, 6.07) is 9.82. The van der Waals surface area contributed by atoms with E-state index in [2.05, 4.69) is 20.0 Å². The summed E-state index contributed by atoms with van der Waals surface area (Å²) in [5.41, 5.74) is 1.83. The van der Waals surface area contributed by atoms with Gasteiger partial charge >= 0.3 is 5.97 Å². The lowest BCUT2D eigenvalue weighted by Crippen LogP contribution is -2.51. The van der Waals surface area contributed by atoms with E-state index in [9.17, 15) is 9.59 Å². The van der Waals surface area contributed by atoms with Crippen LogP contribution in [-0.4, -0.2) is 87.3 Å². The van der Waals surface area contributed by atoms with E-state index in [1.54, 1.807) is 24.1 Å². The summed E-state index contributed by atoms with van der Waals surface area (Å²) in [6.07, 6.45) is 3.33. The van der Waals surface area contributed by atoms with E-state index < -0.39 is 0 Å². The average Bonchev–Trinajstić information content (AvgIpc) is 3.21. The molecule has 3 heterocycles. The van der Waals surface area contributed by atoms with E-state index in [-0.39, 0.29) is 25.0 Å². The number of rotatable bonds is 8. The second-order valence-corrected chi connectivity index (χ2v) is 8.01. The highest BCUT2D eigenvalue weighted by Gasteiger charge is 2.26. The first-order valence-electron chi connectivity index (χ1n) is 11.1. The number of hydrogen-bond acceptors (Lipinski definition) is 8. The Hall–Kier alpha value is -3.53. The molecule has 0 unspecified atom stereocenters. The molecule has 10 nitrogen and oxygen atoms in total. The van der Waals surface area contributed by atoms with E-state index in [1.807, 2.05) is 47.2 Å². The monoisotopic (exact) mass is 451 g/mol. The summed E-state index contributed by atoms with van der Waals surface area (Å²) in [5.74, 6) is 0.521. The number of benzene rings is 1. The fraction of sp³-hybridized carbons (Fsp3) is 0.435. The van der Waals surface area contributed by atoms with Crippen LogP contribution in [0.25, 0.3) is 11.0 Å². The molecule has 3 aromatic rings. The van der Waals surface area contributed by atoms with Crippen molar-refractivity contribution < 1.29 is 14.3 Å². The van der Waals surface area contributed by atoms with Crippen molar-refractivity contribution in [3.8, 4) is 0 Å². The van der Waals surface area contributed by atoms with E-state index in [1.165, 1.54) is 0 Å². The minimum absolute atomic E-state index is 0.00379. The van der Waals surface area contributed by atoms with E-state index >= 15 is 0 Å². The van der Waals surface area contributed by atoms with E-state index in [0.29, 0.717) is 39.3 Å². The van der Waals surface area contributed by atoms with Gasteiger partial charge in [0.15, 0.2) is 5.65 Å². The Morgan fingerprint density at radius 2 is 1.82 bits per heavy atom. The van der Waals surface area contributed by atoms with Crippen molar-refractivity contribution in [3.63, 3.8) is 0 Å². The molecule has 33 heavy (non-hydrogen) atoms. The van der Waals surface area contributed by atoms with Crippen LogP contribution in [0.1, 0.15) is 12.5 Å². The van der Waals surface area contributed by atoms with Crippen LogP contribution in [0.2, 0.25) is 0 Å². The number of aryl methyl sites for hydroxylation is 1. The molecule has 1 aliphatic heterocycles. The maximum Gasteiger partial charge on any atom is 0.320 e. The first kappa shape index (κ1) is 22.7. The Bertz CT molecular complexity index is 1090. The minimum Gasteiger partial charge on any atom is -0.465 e. The molecule has 0 N–H and O–H groups in total. The van der Waals surface area contributed by atoms with Crippen molar-refractivity contribution in [2.75, 3.05) is 50.8 Å². The summed E-state index contributed by atoms with van der Waals surface area (Å²) in [7, 11) is 1.85. The number of esters is 1. The number of ether oxygens (including phenoxy) is 1. The van der Waals surface area contributed by atoms with Crippen LogP contribution >= 0.6 is 0 Å². The zero-order valence-corrected chi connectivity index (χ0v) is 19.1. The number of carbonyl (C=O) groups is 2. The molecule has 1 amide bonds. The molecule has 10 heteroatoms. The zero-order chi connectivity index (χ0) is 23.2. The number of hydrogen-bond donors (Lipinski definition) is 0. The fourth-order valence-electron chi connectivity index (χ4n) is 4.06. The Morgan fingerprint density at radius 3 is 2.55 bits per heavy atom. The molecule has 0 spiro atoms. The third-order valence-corrected chi connectivity index (χ3v) is 5.71. The average molecular weight is 452 g/mol. The van der Waals surface area contributed by atoms with Gasteiger partial charge < -0.3 is 14.5 Å². The topological polar surface area (TPSA) is 96.7 Å². The van der Waals surface area contributed by atoms with E-state index in [0.717, 1.165) is 22.4 Å². The molecule has 1 aromatic carbocycles. The van der Waals surface area contributed by atoms with Crippen molar-refractivity contribution in [1.82, 2.24) is 29.5 Å². The summed E-state index contributed by atoms with van der Waals surface area (Å²) in [4.78, 5) is 39.8. The van der Waals surface area contributed by atoms with Gasteiger partial charge in [0.2, 0.25) is 5.91 Å². The Balaban J connectivity index is 1.38. The lowest BCUT2D eigenvalue weighted by Gasteiger charge is -2.36. The molecule has 1 fully saturated rings. The Morgan fingerprint density at radius 1 is 1.06 bits per heavy atom. The van der Waals surface area contributed by atoms with Crippen LogP contribution < -0.4 is 4.90 Å². The number of fused-ring (bicyclic) bond motifs is 1. The lowest BCUT2D eigenvalue weighted by atomic mass is 10.2. The van der Waals surface area contributed by atoms with Gasteiger partial charge in [0.05, 0.1) is 31.3 Å². The van der Waals surface area contributed by atoms with Crippen LogP contribution in [0.15, 0.2) is 42.9 Å². The van der Waals surface area contributed by atoms with Crippen LogP contribution in [0.3, 0.4) is 0 Å². The number of anilines is 1. The molecular formula is C23H29N7O3. The minimum atomic E-state index is -0.324. The number of piperazine rings is 1. The van der Waals surface area contributed by atoms with Crippen LogP contribution in [0.5, 0.6) is 0 Å². The zero-order valence-electron chi connectivity index (χ0n) is 19.1. The Kier molecular flexibility index (Phi) is 7.13. The van der Waals surface area contributed by atoms with Crippen LogP contribution in [-0.2, 0) is 27.9 Å². The Labute approximate surface area is 192 Å². The SMILES string of the molecule is CCOC(=O)CN(CC(=O)N1CCN(c2ncnc3c2cnn3C)CC1)Cc1ccccc1. The lowest BCUT2D eigenvalue weighted by molar-refractivity contribution is -0.145.